The molecule has 0 fully saturated rings. The van der Waals surface area contributed by atoms with E-state index in [9.17, 15) is 19.0 Å². The van der Waals surface area contributed by atoms with Crippen LogP contribution in [0.15, 0.2) is 36.5 Å². The van der Waals surface area contributed by atoms with E-state index in [0.717, 1.165) is 83.5 Å². The molecule has 0 aliphatic heterocycles. The molecule has 0 aliphatic carbocycles. The zero-order valence-electron chi connectivity index (χ0n) is 46.3. The van der Waals surface area contributed by atoms with Gasteiger partial charge in [-0.05, 0) is 57.4 Å². The number of carbonyl (C=O) groups is 2. The first kappa shape index (κ1) is 67.2. The third-order valence-electron chi connectivity index (χ3n) is 13.1. The van der Waals surface area contributed by atoms with Crippen LogP contribution in [0.5, 0.6) is 0 Å². The SMILES string of the molecule is CC/C=C/C/C=C/CCCCCCCCCC(=O)OC(/C=C/CCCCCCCCCCCCC)C(COP(=O)(O)OCC[N+](C)(C)C)NC(=O)CCCCCCCCCCCCCCCCCC. The van der Waals surface area contributed by atoms with Gasteiger partial charge in [-0.25, -0.2) is 4.57 Å². The Morgan fingerprint density at radius 2 is 0.928 bits per heavy atom. The summed E-state index contributed by atoms with van der Waals surface area (Å²) in [5.74, 6) is -0.504. The lowest BCUT2D eigenvalue weighted by Gasteiger charge is -2.27. The quantitative estimate of drug-likeness (QED) is 0.0205. The molecule has 0 radical (unpaired) electrons. The Bertz CT molecular complexity index is 1280. The maximum atomic E-state index is 13.5. The molecular weight excluding hydrogens is 880 g/mol. The van der Waals surface area contributed by atoms with E-state index in [1.807, 2.05) is 33.3 Å². The van der Waals surface area contributed by atoms with Gasteiger partial charge in [0.15, 0.2) is 0 Å². The maximum Gasteiger partial charge on any atom is 0.472 e. The molecule has 69 heavy (non-hydrogen) atoms. The van der Waals surface area contributed by atoms with E-state index < -0.39 is 20.0 Å². The molecule has 0 aromatic carbocycles. The van der Waals surface area contributed by atoms with E-state index in [1.54, 1.807) is 0 Å². The number of quaternary nitrogens is 1. The van der Waals surface area contributed by atoms with Crippen LogP contribution in [0.2, 0.25) is 0 Å². The van der Waals surface area contributed by atoms with Crippen LogP contribution in [0.1, 0.15) is 278 Å². The number of phosphoric ester groups is 1. The fraction of sp³-hybridized carbons (Fsp3) is 0.864. The van der Waals surface area contributed by atoms with Crippen LogP contribution in [0.4, 0.5) is 0 Å². The van der Waals surface area contributed by atoms with Crippen molar-refractivity contribution < 1.29 is 37.3 Å². The van der Waals surface area contributed by atoms with Crippen molar-refractivity contribution in [1.82, 2.24) is 5.32 Å². The first-order valence-electron chi connectivity index (χ1n) is 29.3. The van der Waals surface area contributed by atoms with Crippen LogP contribution in [-0.4, -0.2) is 74.3 Å². The first-order chi connectivity index (χ1) is 33.4. The molecule has 0 aromatic heterocycles. The van der Waals surface area contributed by atoms with Crippen molar-refractivity contribution in [3.63, 3.8) is 0 Å². The lowest BCUT2D eigenvalue weighted by atomic mass is 10.0. The van der Waals surface area contributed by atoms with E-state index in [2.05, 4.69) is 50.4 Å². The first-order valence-corrected chi connectivity index (χ1v) is 30.8. The standard InChI is InChI=1S/C59H113N2O7P/c1-7-10-13-16-19-22-25-28-30-31-33-36-39-42-45-48-51-58(62)60-56(55-67-69(64,65)66-54-53-61(4,5)6)57(50-47-44-41-38-35-32-27-24-21-18-15-12-9-3)68-59(63)52-49-46-43-40-37-34-29-26-23-20-17-14-11-8-2/h11,14,20,23,47,50,56-57H,7-10,12-13,15-19,21-22,24-46,48-49,51-55H2,1-6H3,(H-,60,62,64,65)/p+1/b14-11+,23-20+,50-47+. The molecule has 2 N–H and O–H groups in total. The second-order valence-electron chi connectivity index (χ2n) is 21.1. The Morgan fingerprint density at radius 1 is 0.522 bits per heavy atom. The molecular formula is C59H114N2O7P+. The predicted octanol–water partition coefficient (Wildman–Crippen LogP) is 17.6. The predicted molar refractivity (Wildman–Crippen MR) is 296 cm³/mol. The second-order valence-corrected chi connectivity index (χ2v) is 22.6. The summed E-state index contributed by atoms with van der Waals surface area (Å²) in [6, 6.07) is -0.846. The minimum Gasteiger partial charge on any atom is -0.456 e. The summed E-state index contributed by atoms with van der Waals surface area (Å²) in [5, 5.41) is 3.05. The molecule has 0 aliphatic rings. The van der Waals surface area contributed by atoms with Crippen molar-refractivity contribution in [3.8, 4) is 0 Å². The fourth-order valence-corrected chi connectivity index (χ4v) is 9.30. The molecule has 0 rings (SSSR count). The highest BCUT2D eigenvalue weighted by Gasteiger charge is 2.30. The van der Waals surface area contributed by atoms with E-state index in [0.29, 0.717) is 17.4 Å². The third kappa shape index (κ3) is 51.0. The highest BCUT2D eigenvalue weighted by molar-refractivity contribution is 7.47. The maximum absolute atomic E-state index is 13.5. The van der Waals surface area contributed by atoms with Gasteiger partial charge in [-0.15, -0.1) is 0 Å². The molecule has 0 saturated carbocycles. The molecule has 0 bridgehead atoms. The Kier molecular flexibility index (Phi) is 48.5. The number of nitrogens with zero attached hydrogens (tertiary/aromatic N) is 1. The zero-order valence-corrected chi connectivity index (χ0v) is 47.2. The van der Waals surface area contributed by atoms with Crippen LogP contribution in [0, 0.1) is 0 Å². The van der Waals surface area contributed by atoms with Gasteiger partial charge in [0, 0.05) is 12.8 Å². The molecule has 0 aromatic rings. The van der Waals surface area contributed by atoms with Crippen molar-refractivity contribution in [2.24, 2.45) is 0 Å². The van der Waals surface area contributed by atoms with E-state index in [1.165, 1.54) is 161 Å². The summed E-state index contributed by atoms with van der Waals surface area (Å²) in [4.78, 5) is 37.6. The Balaban J connectivity index is 5.33. The van der Waals surface area contributed by atoms with Crippen LogP contribution in [0.25, 0.3) is 0 Å². The van der Waals surface area contributed by atoms with Gasteiger partial charge in [0.25, 0.3) is 0 Å². The van der Waals surface area contributed by atoms with Crippen molar-refractivity contribution in [1.29, 1.82) is 0 Å². The molecule has 0 saturated heterocycles. The van der Waals surface area contributed by atoms with Crippen molar-refractivity contribution in [2.75, 3.05) is 40.9 Å². The molecule has 3 unspecified atom stereocenters. The average Bonchev–Trinajstić information content (AvgIpc) is 3.31. The minimum absolute atomic E-state index is 0.0410. The van der Waals surface area contributed by atoms with Crippen LogP contribution >= 0.6 is 7.82 Å². The number of likely N-dealkylation sites (N-methyl/N-ethyl adjacent to an activating group) is 1. The fourth-order valence-electron chi connectivity index (χ4n) is 8.57. The second kappa shape index (κ2) is 49.8. The Labute approximate surface area is 427 Å². The van der Waals surface area contributed by atoms with Gasteiger partial charge < -0.3 is 19.4 Å². The Morgan fingerprint density at radius 3 is 1.38 bits per heavy atom. The van der Waals surface area contributed by atoms with E-state index in [-0.39, 0.29) is 31.5 Å². The topological polar surface area (TPSA) is 111 Å². The molecule has 406 valence electrons. The van der Waals surface area contributed by atoms with Gasteiger partial charge in [0.2, 0.25) is 5.91 Å². The number of hydrogen-bond acceptors (Lipinski definition) is 6. The summed E-state index contributed by atoms with van der Waals surface area (Å²) >= 11 is 0. The van der Waals surface area contributed by atoms with Crippen molar-refractivity contribution >= 4 is 19.7 Å². The van der Waals surface area contributed by atoms with Crippen LogP contribution < -0.4 is 5.32 Å². The monoisotopic (exact) mass is 994 g/mol. The smallest absolute Gasteiger partial charge is 0.456 e. The number of amides is 1. The van der Waals surface area contributed by atoms with Crippen LogP contribution in [-0.2, 0) is 27.9 Å². The largest absolute Gasteiger partial charge is 0.472 e. The highest BCUT2D eigenvalue weighted by atomic mass is 31.2. The number of hydrogen-bond donors (Lipinski definition) is 2. The molecule has 0 spiro atoms. The number of nitrogens with one attached hydrogen (secondary N) is 1. The van der Waals surface area contributed by atoms with Gasteiger partial charge >= 0.3 is 13.8 Å². The van der Waals surface area contributed by atoms with Gasteiger partial charge in [-0.2, -0.15) is 0 Å². The number of carbonyl (C=O) groups excluding carboxylic acids is 2. The summed E-state index contributed by atoms with van der Waals surface area (Å²) in [7, 11) is 1.50. The number of esters is 1. The Hall–Kier alpha value is -1.77. The lowest BCUT2D eigenvalue weighted by molar-refractivity contribution is -0.870. The van der Waals surface area contributed by atoms with Gasteiger partial charge in [0.1, 0.15) is 19.3 Å². The van der Waals surface area contributed by atoms with Crippen molar-refractivity contribution in [3.05, 3.63) is 36.5 Å². The van der Waals surface area contributed by atoms with E-state index in [4.69, 9.17) is 13.8 Å². The lowest BCUT2D eigenvalue weighted by Crippen LogP contribution is -2.47. The summed E-state index contributed by atoms with van der Waals surface area (Å²) in [5.41, 5.74) is 0. The molecule has 1 amide bonds. The molecule has 0 heterocycles. The zero-order chi connectivity index (χ0) is 50.8. The minimum atomic E-state index is -4.44. The number of allylic oxidation sites excluding steroid dienone is 5. The molecule has 3 atom stereocenters. The third-order valence-corrected chi connectivity index (χ3v) is 14.1. The average molecular weight is 995 g/mol. The highest BCUT2D eigenvalue weighted by Crippen LogP contribution is 2.43. The number of phosphoric acid groups is 1. The summed E-state index contributed by atoms with van der Waals surface area (Å²) in [6.07, 6.45) is 58.4. The molecule has 10 heteroatoms. The van der Waals surface area contributed by atoms with Crippen molar-refractivity contribution in [2.45, 2.75) is 290 Å². The van der Waals surface area contributed by atoms with Gasteiger partial charge in [0.05, 0.1) is 33.8 Å². The molecule has 9 nitrogen and oxygen atoms in total. The number of unbranched alkanes of at least 4 members (excludes halogenated alkanes) is 33. The van der Waals surface area contributed by atoms with Crippen LogP contribution in [0.3, 0.4) is 0 Å². The van der Waals surface area contributed by atoms with Gasteiger partial charge in [-0.3, -0.25) is 18.6 Å². The van der Waals surface area contributed by atoms with Gasteiger partial charge in [-0.1, -0.05) is 244 Å². The summed E-state index contributed by atoms with van der Waals surface area (Å²) < 4.78 is 30.6. The van der Waals surface area contributed by atoms with E-state index >= 15 is 0 Å². The normalized spacial score (nSPS) is 14.0. The summed E-state index contributed by atoms with van der Waals surface area (Å²) in [6.45, 7) is 6.93. The number of rotatable bonds is 53. The number of ether oxygens (including phenoxy) is 1.